The van der Waals surface area contributed by atoms with E-state index in [1.54, 1.807) is 7.05 Å². The van der Waals surface area contributed by atoms with E-state index in [1.807, 2.05) is 31.2 Å². The molecule has 20 heavy (non-hydrogen) atoms. The molecule has 1 saturated heterocycles. The second-order valence-corrected chi connectivity index (χ2v) is 5.03. The van der Waals surface area contributed by atoms with Crippen LogP contribution in [0, 0.1) is 5.92 Å². The molecule has 0 aromatic heterocycles. The number of carboxylic acid groups (broad SMARTS) is 1. The Morgan fingerprint density at radius 1 is 1.50 bits per heavy atom. The molecule has 0 spiro atoms. The third kappa shape index (κ3) is 3.22. The first kappa shape index (κ1) is 14.7. The van der Waals surface area contributed by atoms with Gasteiger partial charge in [-0.25, -0.2) is 0 Å². The molecule has 1 fully saturated rings. The molecule has 1 aromatic rings. The van der Waals surface area contributed by atoms with Gasteiger partial charge in [-0.2, -0.15) is 0 Å². The van der Waals surface area contributed by atoms with Gasteiger partial charge in [0.1, 0.15) is 11.8 Å². The molecule has 0 aliphatic carbocycles. The summed E-state index contributed by atoms with van der Waals surface area (Å²) in [6, 6.07) is 7.51. The molecule has 0 amide bonds. The van der Waals surface area contributed by atoms with E-state index < -0.39 is 12.0 Å². The van der Waals surface area contributed by atoms with Crippen LogP contribution in [0.1, 0.15) is 13.3 Å². The summed E-state index contributed by atoms with van der Waals surface area (Å²) in [5, 5.41) is 12.1. The van der Waals surface area contributed by atoms with E-state index in [0.717, 1.165) is 30.9 Å². The van der Waals surface area contributed by atoms with Gasteiger partial charge in [-0.05, 0) is 44.7 Å². The number of carbonyl (C=O) groups is 1. The van der Waals surface area contributed by atoms with Crippen molar-refractivity contribution < 1.29 is 14.6 Å². The van der Waals surface area contributed by atoms with E-state index in [-0.39, 0.29) is 5.92 Å². The van der Waals surface area contributed by atoms with Crippen LogP contribution in [0.25, 0.3) is 0 Å². The van der Waals surface area contributed by atoms with E-state index in [1.165, 1.54) is 0 Å². The zero-order chi connectivity index (χ0) is 14.5. The van der Waals surface area contributed by atoms with E-state index in [0.29, 0.717) is 6.61 Å². The van der Waals surface area contributed by atoms with Gasteiger partial charge in [0.15, 0.2) is 0 Å². The van der Waals surface area contributed by atoms with Crippen molar-refractivity contribution in [2.24, 2.45) is 5.92 Å². The van der Waals surface area contributed by atoms with Crippen LogP contribution in [0.2, 0.25) is 0 Å². The van der Waals surface area contributed by atoms with Crippen LogP contribution in [0.5, 0.6) is 5.75 Å². The third-order valence-electron chi connectivity index (χ3n) is 3.79. The Balaban J connectivity index is 2.00. The maximum atomic E-state index is 11.2. The smallest absolute Gasteiger partial charge is 0.321 e. The molecular weight excluding hydrogens is 256 g/mol. The van der Waals surface area contributed by atoms with E-state index >= 15 is 0 Å². The standard InChI is InChI=1S/C15H22N2O3/c1-3-20-13-6-4-12(5-7-13)17-9-8-11(10-17)14(16-2)15(18)19/h4-7,11,14,16H,3,8-10H2,1-2H3,(H,18,19). The van der Waals surface area contributed by atoms with E-state index in [2.05, 4.69) is 10.2 Å². The van der Waals surface area contributed by atoms with Gasteiger partial charge in [0.25, 0.3) is 0 Å². The lowest BCUT2D eigenvalue weighted by atomic mass is 9.99. The zero-order valence-electron chi connectivity index (χ0n) is 12.0. The lowest BCUT2D eigenvalue weighted by Crippen LogP contribution is -2.41. The van der Waals surface area contributed by atoms with E-state index in [4.69, 9.17) is 4.74 Å². The Hall–Kier alpha value is -1.75. The van der Waals surface area contributed by atoms with Crippen molar-refractivity contribution in [1.29, 1.82) is 0 Å². The average molecular weight is 278 g/mol. The Morgan fingerprint density at radius 2 is 2.20 bits per heavy atom. The summed E-state index contributed by atoms with van der Waals surface area (Å²) in [7, 11) is 1.71. The van der Waals surface area contributed by atoms with Gasteiger partial charge in [0.05, 0.1) is 6.61 Å². The van der Waals surface area contributed by atoms with Gasteiger partial charge >= 0.3 is 5.97 Å². The van der Waals surface area contributed by atoms with Gasteiger partial charge in [0, 0.05) is 24.7 Å². The predicted octanol–water partition coefficient (Wildman–Crippen LogP) is 1.58. The Bertz CT molecular complexity index is 447. The Morgan fingerprint density at radius 3 is 2.75 bits per heavy atom. The van der Waals surface area contributed by atoms with Gasteiger partial charge in [-0.1, -0.05) is 0 Å². The maximum absolute atomic E-state index is 11.2. The normalized spacial score (nSPS) is 19.9. The van der Waals surface area contributed by atoms with Gasteiger partial charge < -0.3 is 20.1 Å². The van der Waals surface area contributed by atoms with Crippen molar-refractivity contribution in [2.45, 2.75) is 19.4 Å². The molecule has 110 valence electrons. The van der Waals surface area contributed by atoms with Gasteiger partial charge in [0.2, 0.25) is 0 Å². The van der Waals surface area contributed by atoms with Crippen LogP contribution in [-0.4, -0.2) is 43.9 Å². The molecule has 0 saturated carbocycles. The quantitative estimate of drug-likeness (QED) is 0.827. The fourth-order valence-corrected chi connectivity index (χ4v) is 2.77. The molecular formula is C15H22N2O3. The van der Waals surface area contributed by atoms with Crippen LogP contribution >= 0.6 is 0 Å². The monoisotopic (exact) mass is 278 g/mol. The lowest BCUT2D eigenvalue weighted by molar-refractivity contribution is -0.140. The zero-order valence-corrected chi connectivity index (χ0v) is 12.0. The molecule has 5 nitrogen and oxygen atoms in total. The van der Waals surface area contributed by atoms with Crippen molar-refractivity contribution >= 4 is 11.7 Å². The SMILES string of the molecule is CCOc1ccc(N2CCC(C(NC)C(=O)O)C2)cc1. The van der Waals surface area contributed by atoms with Crippen molar-refractivity contribution in [2.75, 3.05) is 31.6 Å². The second kappa shape index (κ2) is 6.61. The number of ether oxygens (including phenoxy) is 1. The molecule has 2 N–H and O–H groups in total. The molecule has 1 aliphatic rings. The Labute approximate surface area is 119 Å². The summed E-state index contributed by atoms with van der Waals surface area (Å²) >= 11 is 0. The number of hydrogen-bond donors (Lipinski definition) is 2. The minimum Gasteiger partial charge on any atom is -0.494 e. The number of aliphatic carboxylic acids is 1. The van der Waals surface area contributed by atoms with Crippen LogP contribution in [0.4, 0.5) is 5.69 Å². The molecule has 0 bridgehead atoms. The topological polar surface area (TPSA) is 61.8 Å². The number of benzene rings is 1. The summed E-state index contributed by atoms with van der Waals surface area (Å²) < 4.78 is 5.43. The first-order valence-electron chi connectivity index (χ1n) is 7.03. The second-order valence-electron chi connectivity index (χ2n) is 5.03. The highest BCUT2D eigenvalue weighted by Gasteiger charge is 2.32. The summed E-state index contributed by atoms with van der Waals surface area (Å²) in [6.45, 7) is 4.28. The number of likely N-dealkylation sites (N-methyl/N-ethyl adjacent to an activating group) is 1. The highest BCUT2D eigenvalue weighted by molar-refractivity contribution is 5.74. The summed E-state index contributed by atoms with van der Waals surface area (Å²) in [6.07, 6.45) is 0.894. The molecule has 1 aromatic carbocycles. The summed E-state index contributed by atoms with van der Waals surface area (Å²) in [5.41, 5.74) is 1.12. The van der Waals surface area contributed by atoms with Crippen molar-refractivity contribution in [3.05, 3.63) is 24.3 Å². The molecule has 0 radical (unpaired) electrons. The minimum absolute atomic E-state index is 0.143. The highest BCUT2D eigenvalue weighted by Crippen LogP contribution is 2.27. The molecule has 2 rings (SSSR count). The number of nitrogens with zero attached hydrogens (tertiary/aromatic N) is 1. The van der Waals surface area contributed by atoms with Crippen LogP contribution in [0.3, 0.4) is 0 Å². The summed E-state index contributed by atoms with van der Waals surface area (Å²) in [4.78, 5) is 13.4. The molecule has 2 atom stereocenters. The first-order chi connectivity index (χ1) is 9.65. The van der Waals surface area contributed by atoms with Crippen LogP contribution < -0.4 is 15.0 Å². The minimum atomic E-state index is -0.772. The number of nitrogens with one attached hydrogen (secondary N) is 1. The van der Waals surface area contributed by atoms with Crippen molar-refractivity contribution in [1.82, 2.24) is 5.32 Å². The number of hydrogen-bond acceptors (Lipinski definition) is 4. The number of carboxylic acids is 1. The average Bonchev–Trinajstić information content (AvgIpc) is 2.90. The fraction of sp³-hybridized carbons (Fsp3) is 0.533. The van der Waals surface area contributed by atoms with Gasteiger partial charge in [-0.15, -0.1) is 0 Å². The highest BCUT2D eigenvalue weighted by atomic mass is 16.5. The summed E-state index contributed by atoms with van der Waals surface area (Å²) in [5.74, 6) is 0.237. The predicted molar refractivity (Wildman–Crippen MR) is 78.4 cm³/mol. The molecule has 5 heteroatoms. The fourth-order valence-electron chi connectivity index (χ4n) is 2.77. The number of anilines is 1. The molecule has 1 aliphatic heterocycles. The molecule has 1 heterocycles. The first-order valence-corrected chi connectivity index (χ1v) is 7.03. The molecule has 2 unspecified atom stereocenters. The number of rotatable bonds is 6. The van der Waals surface area contributed by atoms with Crippen molar-refractivity contribution in [3.8, 4) is 5.75 Å². The third-order valence-corrected chi connectivity index (χ3v) is 3.79. The maximum Gasteiger partial charge on any atom is 0.321 e. The Kier molecular flexibility index (Phi) is 4.84. The van der Waals surface area contributed by atoms with Crippen LogP contribution in [0.15, 0.2) is 24.3 Å². The lowest BCUT2D eigenvalue weighted by Gasteiger charge is -2.21. The van der Waals surface area contributed by atoms with E-state index in [9.17, 15) is 9.90 Å². The van der Waals surface area contributed by atoms with Crippen molar-refractivity contribution in [3.63, 3.8) is 0 Å². The van der Waals surface area contributed by atoms with Crippen LogP contribution in [-0.2, 0) is 4.79 Å². The van der Waals surface area contributed by atoms with Gasteiger partial charge in [-0.3, -0.25) is 4.79 Å². The largest absolute Gasteiger partial charge is 0.494 e.